The van der Waals surface area contributed by atoms with Gasteiger partial charge in [-0.3, -0.25) is 4.79 Å². The van der Waals surface area contributed by atoms with Gasteiger partial charge in [-0.1, -0.05) is 20.3 Å². The first-order chi connectivity index (χ1) is 7.32. The number of esters is 1. The van der Waals surface area contributed by atoms with Crippen LogP contribution in [0.3, 0.4) is 0 Å². The average Bonchev–Trinajstić information content (AvgIpc) is 2.79. The number of rotatable bonds is 6. The van der Waals surface area contributed by atoms with Gasteiger partial charge in [0.15, 0.2) is 0 Å². The van der Waals surface area contributed by atoms with Gasteiger partial charge in [0.05, 0.1) is 0 Å². The quantitative estimate of drug-likeness (QED) is 0.644. The summed E-state index contributed by atoms with van der Waals surface area (Å²) in [5.74, 6) is 2.56. The first-order valence-electron chi connectivity index (χ1n) is 6.51. The summed E-state index contributed by atoms with van der Waals surface area (Å²) in [6.07, 6.45) is 4.80. The molecule has 3 unspecified atom stereocenters. The monoisotopic (exact) mass is 226 g/mol. The third kappa shape index (κ3) is 4.54. The fraction of sp³-hybridized carbons (Fsp3) is 0.929. The molecule has 0 N–H and O–H groups in total. The second-order valence-electron chi connectivity index (χ2n) is 6.10. The number of hydrogen-bond donors (Lipinski definition) is 0. The molecular formula is C14H26O2. The summed E-state index contributed by atoms with van der Waals surface area (Å²) in [7, 11) is 0. The van der Waals surface area contributed by atoms with Crippen molar-refractivity contribution in [3.63, 3.8) is 0 Å². The molecule has 0 saturated heterocycles. The highest BCUT2D eigenvalue weighted by atomic mass is 16.6. The minimum absolute atomic E-state index is 0.172. The summed E-state index contributed by atoms with van der Waals surface area (Å²) >= 11 is 0. The Bertz CT molecular complexity index is 245. The molecule has 0 aromatic rings. The zero-order valence-corrected chi connectivity index (χ0v) is 11.4. The van der Waals surface area contributed by atoms with E-state index in [1.54, 1.807) is 0 Å². The molecule has 0 radical (unpaired) electrons. The van der Waals surface area contributed by atoms with Gasteiger partial charge >= 0.3 is 5.97 Å². The average molecular weight is 226 g/mol. The topological polar surface area (TPSA) is 26.3 Å². The van der Waals surface area contributed by atoms with E-state index in [0.717, 1.165) is 30.6 Å². The van der Waals surface area contributed by atoms with Gasteiger partial charge in [0, 0.05) is 6.92 Å². The predicted octanol–water partition coefficient (Wildman–Crippen LogP) is 3.79. The van der Waals surface area contributed by atoms with Gasteiger partial charge in [0.2, 0.25) is 0 Å². The van der Waals surface area contributed by atoms with Crippen LogP contribution >= 0.6 is 0 Å². The van der Waals surface area contributed by atoms with Crippen molar-refractivity contribution < 1.29 is 9.53 Å². The van der Waals surface area contributed by atoms with Crippen molar-refractivity contribution in [1.29, 1.82) is 0 Å². The molecule has 0 aromatic carbocycles. The third-order valence-corrected chi connectivity index (χ3v) is 3.76. The Kier molecular flexibility index (Phi) is 4.40. The Hall–Kier alpha value is -0.530. The van der Waals surface area contributed by atoms with Crippen LogP contribution in [0.25, 0.3) is 0 Å². The van der Waals surface area contributed by atoms with Crippen molar-refractivity contribution in [2.24, 2.45) is 17.8 Å². The van der Waals surface area contributed by atoms with Crippen LogP contribution in [0.15, 0.2) is 0 Å². The van der Waals surface area contributed by atoms with Gasteiger partial charge < -0.3 is 4.74 Å². The van der Waals surface area contributed by atoms with Crippen LogP contribution in [0.1, 0.15) is 60.3 Å². The van der Waals surface area contributed by atoms with E-state index in [4.69, 9.17) is 4.74 Å². The van der Waals surface area contributed by atoms with Gasteiger partial charge in [0.1, 0.15) is 5.60 Å². The van der Waals surface area contributed by atoms with E-state index < -0.39 is 0 Å². The molecule has 1 saturated carbocycles. The summed E-state index contributed by atoms with van der Waals surface area (Å²) in [6, 6.07) is 0. The van der Waals surface area contributed by atoms with E-state index in [-0.39, 0.29) is 11.6 Å². The highest BCUT2D eigenvalue weighted by Gasteiger charge is 2.36. The highest BCUT2D eigenvalue weighted by molar-refractivity contribution is 5.66. The van der Waals surface area contributed by atoms with Crippen molar-refractivity contribution in [2.75, 3.05) is 0 Å². The molecule has 16 heavy (non-hydrogen) atoms. The van der Waals surface area contributed by atoms with E-state index in [0.29, 0.717) is 0 Å². The van der Waals surface area contributed by atoms with E-state index in [1.165, 1.54) is 19.8 Å². The number of ether oxygens (including phenoxy) is 1. The normalized spacial score (nSPS) is 26.3. The van der Waals surface area contributed by atoms with Gasteiger partial charge in [-0.15, -0.1) is 0 Å². The lowest BCUT2D eigenvalue weighted by Crippen LogP contribution is -2.26. The summed E-state index contributed by atoms with van der Waals surface area (Å²) in [6.45, 7) is 10.2. The molecule has 2 nitrogen and oxygen atoms in total. The summed E-state index contributed by atoms with van der Waals surface area (Å²) in [5, 5.41) is 0. The molecule has 0 aromatic heterocycles. The SMILES string of the molecule is CC(=O)OC(C)(C)CCCC(C)C1CC1C. The highest BCUT2D eigenvalue weighted by Crippen LogP contribution is 2.45. The van der Waals surface area contributed by atoms with Gasteiger partial charge in [-0.05, 0) is 50.9 Å². The molecule has 0 amide bonds. The van der Waals surface area contributed by atoms with Crippen LogP contribution in [-0.4, -0.2) is 11.6 Å². The molecule has 1 aliphatic carbocycles. The fourth-order valence-electron chi connectivity index (χ4n) is 2.65. The van der Waals surface area contributed by atoms with E-state index in [2.05, 4.69) is 13.8 Å². The largest absolute Gasteiger partial charge is 0.460 e. The fourth-order valence-corrected chi connectivity index (χ4v) is 2.65. The van der Waals surface area contributed by atoms with Crippen LogP contribution in [0.2, 0.25) is 0 Å². The summed E-state index contributed by atoms with van der Waals surface area (Å²) in [4.78, 5) is 10.9. The maximum Gasteiger partial charge on any atom is 0.303 e. The van der Waals surface area contributed by atoms with Crippen LogP contribution in [0.5, 0.6) is 0 Å². The lowest BCUT2D eigenvalue weighted by molar-refractivity contribution is -0.154. The van der Waals surface area contributed by atoms with E-state index >= 15 is 0 Å². The summed E-state index contributed by atoms with van der Waals surface area (Å²) in [5.41, 5.74) is -0.291. The Labute approximate surface area is 99.8 Å². The molecule has 1 fully saturated rings. The van der Waals surface area contributed by atoms with Crippen LogP contribution in [0, 0.1) is 17.8 Å². The molecule has 0 aliphatic heterocycles. The molecule has 94 valence electrons. The maximum absolute atomic E-state index is 10.9. The Morgan fingerprint density at radius 1 is 1.50 bits per heavy atom. The minimum Gasteiger partial charge on any atom is -0.460 e. The van der Waals surface area contributed by atoms with Crippen molar-refractivity contribution in [1.82, 2.24) is 0 Å². The Morgan fingerprint density at radius 2 is 2.06 bits per heavy atom. The zero-order valence-electron chi connectivity index (χ0n) is 11.4. The van der Waals surface area contributed by atoms with E-state index in [9.17, 15) is 4.79 Å². The second kappa shape index (κ2) is 5.20. The van der Waals surface area contributed by atoms with Crippen LogP contribution in [-0.2, 0) is 9.53 Å². The van der Waals surface area contributed by atoms with E-state index in [1.807, 2.05) is 13.8 Å². The van der Waals surface area contributed by atoms with Gasteiger partial charge in [0.25, 0.3) is 0 Å². The number of carbonyl (C=O) groups excluding carboxylic acids is 1. The Balaban J connectivity index is 2.16. The molecule has 0 heterocycles. The van der Waals surface area contributed by atoms with Gasteiger partial charge in [-0.2, -0.15) is 0 Å². The zero-order chi connectivity index (χ0) is 12.3. The molecule has 2 heteroatoms. The van der Waals surface area contributed by atoms with Crippen LogP contribution < -0.4 is 0 Å². The summed E-state index contributed by atoms with van der Waals surface area (Å²) < 4.78 is 5.28. The van der Waals surface area contributed by atoms with Crippen molar-refractivity contribution in [2.45, 2.75) is 65.9 Å². The minimum atomic E-state index is -0.291. The lowest BCUT2D eigenvalue weighted by Gasteiger charge is -2.25. The Morgan fingerprint density at radius 3 is 2.50 bits per heavy atom. The van der Waals surface area contributed by atoms with Crippen molar-refractivity contribution >= 4 is 5.97 Å². The number of carbonyl (C=O) groups is 1. The predicted molar refractivity (Wildman–Crippen MR) is 66.1 cm³/mol. The molecule has 1 rings (SSSR count). The molecule has 3 atom stereocenters. The lowest BCUT2D eigenvalue weighted by atomic mass is 9.93. The smallest absolute Gasteiger partial charge is 0.303 e. The third-order valence-electron chi connectivity index (χ3n) is 3.76. The van der Waals surface area contributed by atoms with Gasteiger partial charge in [-0.25, -0.2) is 0 Å². The molecule has 0 spiro atoms. The first kappa shape index (κ1) is 13.5. The van der Waals surface area contributed by atoms with Crippen molar-refractivity contribution in [3.8, 4) is 0 Å². The molecule has 0 bridgehead atoms. The van der Waals surface area contributed by atoms with Crippen LogP contribution in [0.4, 0.5) is 0 Å². The first-order valence-corrected chi connectivity index (χ1v) is 6.51. The molecule has 1 aliphatic rings. The maximum atomic E-state index is 10.9. The molecular weight excluding hydrogens is 200 g/mol. The van der Waals surface area contributed by atoms with Crippen molar-refractivity contribution in [3.05, 3.63) is 0 Å². The standard InChI is InChI=1S/C14H26O2/c1-10(13-9-11(13)2)7-6-8-14(4,5)16-12(3)15/h10-11,13H,6-9H2,1-5H3. The second-order valence-corrected chi connectivity index (χ2v) is 6.10. The number of hydrogen-bond acceptors (Lipinski definition) is 2.